The van der Waals surface area contributed by atoms with E-state index >= 15 is 0 Å². The number of hydrogen-bond donors (Lipinski definition) is 1. The number of carbonyl (C=O) groups is 1. The molecule has 1 N–H and O–H groups in total. The fraction of sp³-hybridized carbons (Fsp3) is 0.929. The second kappa shape index (κ2) is 4.49. The molecule has 4 nitrogen and oxygen atoms in total. The Labute approximate surface area is 110 Å². The molecule has 3 heterocycles. The Balaban J connectivity index is 1.67. The zero-order chi connectivity index (χ0) is 12.8. The average molecular weight is 251 g/mol. The molecule has 0 aromatic rings. The molecule has 0 aromatic heterocycles. The maximum absolute atomic E-state index is 12.5. The van der Waals surface area contributed by atoms with Crippen molar-refractivity contribution in [3.05, 3.63) is 0 Å². The normalized spacial score (nSPS) is 41.4. The summed E-state index contributed by atoms with van der Waals surface area (Å²) in [5.41, 5.74) is -0.313. The van der Waals surface area contributed by atoms with Gasteiger partial charge in [0.2, 0.25) is 5.91 Å². The van der Waals surface area contributed by atoms with Gasteiger partial charge in [0, 0.05) is 18.6 Å². The molecule has 3 aliphatic heterocycles. The summed E-state index contributed by atoms with van der Waals surface area (Å²) in [4.78, 5) is 17.2. The fourth-order valence-corrected chi connectivity index (χ4v) is 3.78. The first kappa shape index (κ1) is 12.4. The van der Waals surface area contributed by atoms with E-state index in [1.165, 1.54) is 32.4 Å². The van der Waals surface area contributed by atoms with E-state index in [9.17, 15) is 4.79 Å². The summed E-state index contributed by atoms with van der Waals surface area (Å²) < 4.78 is 0. The zero-order valence-corrected chi connectivity index (χ0v) is 11.6. The highest BCUT2D eigenvalue weighted by Crippen LogP contribution is 2.32. The van der Waals surface area contributed by atoms with E-state index in [0.717, 1.165) is 25.6 Å². The lowest BCUT2D eigenvalue weighted by atomic mass is 9.94. The number of hydrogen-bond acceptors (Lipinski definition) is 3. The van der Waals surface area contributed by atoms with E-state index in [0.29, 0.717) is 11.9 Å². The van der Waals surface area contributed by atoms with E-state index in [2.05, 4.69) is 22.0 Å². The lowest BCUT2D eigenvalue weighted by molar-refractivity contribution is -0.135. The number of rotatable bonds is 2. The molecule has 0 saturated carbocycles. The highest BCUT2D eigenvalue weighted by atomic mass is 16.2. The van der Waals surface area contributed by atoms with E-state index in [-0.39, 0.29) is 5.54 Å². The second-order valence-corrected chi connectivity index (χ2v) is 6.31. The van der Waals surface area contributed by atoms with Crippen molar-refractivity contribution in [2.45, 2.75) is 63.6 Å². The SMILES string of the molecule is CCC1(C)NCN(C2CCN3CCCC3C2)C1=O. The lowest BCUT2D eigenvalue weighted by Crippen LogP contribution is -2.50. The molecule has 18 heavy (non-hydrogen) atoms. The standard InChI is InChI=1S/C14H25N3O/c1-3-14(2)13(18)17(10-15-14)12-6-8-16-7-4-5-11(16)9-12/h11-12,15H,3-10H2,1-2H3. The summed E-state index contributed by atoms with van der Waals surface area (Å²) in [5.74, 6) is 0.321. The summed E-state index contributed by atoms with van der Waals surface area (Å²) in [7, 11) is 0. The van der Waals surface area contributed by atoms with Gasteiger partial charge in [-0.05, 0) is 45.6 Å². The van der Waals surface area contributed by atoms with Gasteiger partial charge in [0.15, 0.2) is 0 Å². The monoisotopic (exact) mass is 251 g/mol. The first-order chi connectivity index (χ1) is 8.64. The van der Waals surface area contributed by atoms with Gasteiger partial charge < -0.3 is 9.80 Å². The Kier molecular flexibility index (Phi) is 3.10. The molecular weight excluding hydrogens is 226 g/mol. The van der Waals surface area contributed by atoms with Crippen LogP contribution in [-0.4, -0.2) is 53.1 Å². The van der Waals surface area contributed by atoms with Gasteiger partial charge in [0.1, 0.15) is 0 Å². The van der Waals surface area contributed by atoms with Crippen LogP contribution in [0.4, 0.5) is 0 Å². The third-order valence-electron chi connectivity index (χ3n) is 5.31. The third kappa shape index (κ3) is 1.86. The number of nitrogens with one attached hydrogen (secondary N) is 1. The molecule has 3 atom stereocenters. The van der Waals surface area contributed by atoms with Crippen LogP contribution in [0.25, 0.3) is 0 Å². The maximum Gasteiger partial charge on any atom is 0.243 e. The molecule has 0 spiro atoms. The Morgan fingerprint density at radius 3 is 2.89 bits per heavy atom. The molecule has 4 heteroatoms. The van der Waals surface area contributed by atoms with Gasteiger partial charge in [0.25, 0.3) is 0 Å². The molecule has 3 saturated heterocycles. The van der Waals surface area contributed by atoms with Crippen LogP contribution in [0, 0.1) is 0 Å². The molecule has 3 rings (SSSR count). The van der Waals surface area contributed by atoms with Gasteiger partial charge in [-0.2, -0.15) is 0 Å². The van der Waals surface area contributed by atoms with Gasteiger partial charge in [-0.3, -0.25) is 10.1 Å². The van der Waals surface area contributed by atoms with E-state index in [4.69, 9.17) is 0 Å². The predicted molar refractivity (Wildman–Crippen MR) is 71.2 cm³/mol. The fourth-order valence-electron chi connectivity index (χ4n) is 3.78. The molecule has 3 aliphatic rings. The van der Waals surface area contributed by atoms with Gasteiger partial charge in [-0.15, -0.1) is 0 Å². The van der Waals surface area contributed by atoms with Crippen molar-refractivity contribution >= 4 is 5.91 Å². The summed E-state index contributed by atoms with van der Waals surface area (Å²) in [6.07, 6.45) is 5.90. The average Bonchev–Trinajstić information content (AvgIpc) is 2.95. The third-order valence-corrected chi connectivity index (χ3v) is 5.31. The summed E-state index contributed by atoms with van der Waals surface area (Å²) >= 11 is 0. The van der Waals surface area contributed by atoms with E-state index in [1.807, 2.05) is 6.92 Å². The van der Waals surface area contributed by atoms with Crippen LogP contribution in [0.1, 0.15) is 46.0 Å². The molecule has 102 valence electrons. The van der Waals surface area contributed by atoms with Crippen molar-refractivity contribution in [2.24, 2.45) is 0 Å². The molecule has 0 bridgehead atoms. The Bertz CT molecular complexity index is 346. The first-order valence-electron chi connectivity index (χ1n) is 7.44. The highest BCUT2D eigenvalue weighted by molar-refractivity contribution is 5.88. The van der Waals surface area contributed by atoms with Crippen molar-refractivity contribution < 1.29 is 4.79 Å². The van der Waals surface area contributed by atoms with E-state index in [1.54, 1.807) is 0 Å². The van der Waals surface area contributed by atoms with Crippen molar-refractivity contribution in [2.75, 3.05) is 19.8 Å². The number of piperidine rings is 1. The summed E-state index contributed by atoms with van der Waals surface area (Å²) in [6.45, 7) is 7.34. The minimum absolute atomic E-state index is 0.313. The highest BCUT2D eigenvalue weighted by Gasteiger charge is 2.45. The number of amides is 1. The summed E-state index contributed by atoms with van der Waals surface area (Å²) in [5, 5.41) is 3.40. The van der Waals surface area contributed by atoms with Crippen molar-refractivity contribution in [3.8, 4) is 0 Å². The lowest BCUT2D eigenvalue weighted by Gasteiger charge is -2.39. The molecule has 0 aromatic carbocycles. The van der Waals surface area contributed by atoms with E-state index < -0.39 is 0 Å². The number of fused-ring (bicyclic) bond motifs is 1. The number of carbonyl (C=O) groups excluding carboxylic acids is 1. The van der Waals surface area contributed by atoms with Crippen molar-refractivity contribution in [3.63, 3.8) is 0 Å². The van der Waals surface area contributed by atoms with Crippen LogP contribution in [0.15, 0.2) is 0 Å². The van der Waals surface area contributed by atoms with Crippen molar-refractivity contribution in [1.29, 1.82) is 0 Å². The summed E-state index contributed by atoms with van der Waals surface area (Å²) in [6, 6.07) is 1.21. The molecule has 1 amide bonds. The Morgan fingerprint density at radius 2 is 2.17 bits per heavy atom. The first-order valence-corrected chi connectivity index (χ1v) is 7.44. The molecule has 0 aliphatic carbocycles. The predicted octanol–water partition coefficient (Wildman–Crippen LogP) is 1.17. The van der Waals surface area contributed by atoms with Gasteiger partial charge in [-0.25, -0.2) is 0 Å². The minimum Gasteiger partial charge on any atom is -0.325 e. The minimum atomic E-state index is -0.313. The molecule has 3 fully saturated rings. The molecular formula is C14H25N3O. The van der Waals surface area contributed by atoms with Crippen LogP contribution in [-0.2, 0) is 4.79 Å². The number of nitrogens with zero attached hydrogens (tertiary/aromatic N) is 2. The Morgan fingerprint density at radius 1 is 1.33 bits per heavy atom. The Hall–Kier alpha value is -0.610. The maximum atomic E-state index is 12.5. The van der Waals surface area contributed by atoms with Crippen LogP contribution >= 0.6 is 0 Å². The van der Waals surface area contributed by atoms with Crippen molar-refractivity contribution in [1.82, 2.24) is 15.1 Å². The zero-order valence-electron chi connectivity index (χ0n) is 11.6. The van der Waals surface area contributed by atoms with Gasteiger partial charge >= 0.3 is 0 Å². The molecule has 3 unspecified atom stereocenters. The largest absolute Gasteiger partial charge is 0.325 e. The van der Waals surface area contributed by atoms with Crippen LogP contribution < -0.4 is 5.32 Å². The second-order valence-electron chi connectivity index (χ2n) is 6.31. The molecule has 0 radical (unpaired) electrons. The van der Waals surface area contributed by atoms with Crippen LogP contribution in [0.2, 0.25) is 0 Å². The van der Waals surface area contributed by atoms with Gasteiger partial charge in [-0.1, -0.05) is 6.92 Å². The quantitative estimate of drug-likeness (QED) is 0.800. The smallest absolute Gasteiger partial charge is 0.243 e. The van der Waals surface area contributed by atoms with Crippen LogP contribution in [0.3, 0.4) is 0 Å². The van der Waals surface area contributed by atoms with Crippen LogP contribution in [0.5, 0.6) is 0 Å². The topological polar surface area (TPSA) is 35.6 Å². The van der Waals surface area contributed by atoms with Gasteiger partial charge in [0.05, 0.1) is 12.2 Å².